The third-order valence-electron chi connectivity index (χ3n) is 4.59. The van der Waals surface area contributed by atoms with Crippen LogP contribution in [0.5, 0.6) is 0 Å². The summed E-state index contributed by atoms with van der Waals surface area (Å²) >= 11 is 7.51. The first kappa shape index (κ1) is 20.6. The van der Waals surface area contributed by atoms with Gasteiger partial charge >= 0.3 is 0 Å². The second kappa shape index (κ2) is 8.59. The number of carbonyl (C=O) groups excluding carboxylic acids is 1. The Morgan fingerprint density at radius 3 is 2.63 bits per heavy atom. The molecule has 0 radical (unpaired) electrons. The summed E-state index contributed by atoms with van der Waals surface area (Å²) in [5, 5.41) is 5.66. The van der Waals surface area contributed by atoms with Gasteiger partial charge in [0.15, 0.2) is 5.13 Å². The van der Waals surface area contributed by atoms with E-state index in [1.54, 1.807) is 36.4 Å². The molecule has 0 aliphatic carbocycles. The van der Waals surface area contributed by atoms with Gasteiger partial charge in [-0.15, -0.1) is 11.3 Å². The summed E-state index contributed by atoms with van der Waals surface area (Å²) in [5.41, 5.74) is 2.95. The van der Waals surface area contributed by atoms with Crippen LogP contribution in [0.2, 0.25) is 5.02 Å². The Bertz CT molecular complexity index is 1200. The predicted octanol–water partition coefficient (Wildman–Crippen LogP) is 4.66. The number of aromatic nitrogens is 1. The zero-order valence-corrected chi connectivity index (χ0v) is 18.2. The maximum atomic E-state index is 12.2. The molecule has 154 valence electrons. The zero-order chi connectivity index (χ0) is 21.1. The van der Waals surface area contributed by atoms with Crippen LogP contribution in [0, 0.1) is 0 Å². The Hall–Kier alpha value is -2.68. The number of rotatable bonds is 5. The fraction of sp³-hybridized carbons (Fsp3) is 0.143. The molecule has 1 aliphatic heterocycles. The van der Waals surface area contributed by atoms with Crippen LogP contribution < -0.4 is 9.62 Å². The van der Waals surface area contributed by atoms with Gasteiger partial charge in [0.1, 0.15) is 0 Å². The Morgan fingerprint density at radius 2 is 1.93 bits per heavy atom. The van der Waals surface area contributed by atoms with Crippen molar-refractivity contribution in [3.05, 3.63) is 70.6 Å². The number of hydrogen-bond donors (Lipinski definition) is 1. The third-order valence-corrected chi connectivity index (χ3v) is 7.55. The average Bonchev–Trinajstić information content (AvgIpc) is 3.33. The zero-order valence-electron chi connectivity index (χ0n) is 15.8. The molecule has 3 aromatic rings. The fourth-order valence-electron chi connectivity index (χ4n) is 3.12. The summed E-state index contributed by atoms with van der Waals surface area (Å²) in [6.45, 7) is 0.504. The van der Waals surface area contributed by atoms with E-state index in [4.69, 9.17) is 11.6 Å². The number of amides is 1. The number of carbonyl (C=O) groups is 1. The monoisotopic (exact) mass is 459 g/mol. The van der Waals surface area contributed by atoms with E-state index in [9.17, 15) is 13.2 Å². The van der Waals surface area contributed by atoms with Gasteiger partial charge in [0.2, 0.25) is 15.9 Å². The quantitative estimate of drug-likeness (QED) is 0.563. The van der Waals surface area contributed by atoms with Gasteiger partial charge in [-0.3, -0.25) is 14.4 Å². The van der Waals surface area contributed by atoms with Crippen molar-refractivity contribution in [2.24, 2.45) is 0 Å². The Labute approximate surface area is 183 Å². The lowest BCUT2D eigenvalue weighted by Gasteiger charge is -2.16. The molecule has 1 amide bonds. The SMILES string of the molecule is O=C(/C=C/c1ccc(N2CCCS2(=O)=O)cc1)Nc1nc(-c2ccccc2Cl)cs1. The molecule has 4 rings (SSSR count). The first-order valence-electron chi connectivity index (χ1n) is 9.22. The molecule has 2 heterocycles. The molecule has 0 unspecified atom stereocenters. The van der Waals surface area contributed by atoms with Gasteiger partial charge in [-0.25, -0.2) is 13.4 Å². The molecule has 0 spiro atoms. The summed E-state index contributed by atoms with van der Waals surface area (Å²) in [4.78, 5) is 16.6. The molecule has 1 N–H and O–H groups in total. The molecule has 1 fully saturated rings. The minimum absolute atomic E-state index is 0.184. The average molecular weight is 460 g/mol. The predicted molar refractivity (Wildman–Crippen MR) is 122 cm³/mol. The van der Waals surface area contributed by atoms with Crippen molar-refractivity contribution in [2.75, 3.05) is 21.9 Å². The van der Waals surface area contributed by atoms with Gasteiger partial charge in [0.25, 0.3) is 0 Å². The first-order chi connectivity index (χ1) is 14.4. The number of anilines is 2. The van der Waals surface area contributed by atoms with Crippen molar-refractivity contribution in [3.63, 3.8) is 0 Å². The lowest BCUT2D eigenvalue weighted by molar-refractivity contribution is -0.111. The minimum Gasteiger partial charge on any atom is -0.298 e. The summed E-state index contributed by atoms with van der Waals surface area (Å²) in [6.07, 6.45) is 3.72. The largest absolute Gasteiger partial charge is 0.298 e. The van der Waals surface area contributed by atoms with Crippen molar-refractivity contribution in [1.82, 2.24) is 4.98 Å². The second-order valence-corrected chi connectivity index (χ2v) is 9.95. The van der Waals surface area contributed by atoms with E-state index in [0.717, 1.165) is 11.1 Å². The van der Waals surface area contributed by atoms with Crippen LogP contribution in [-0.2, 0) is 14.8 Å². The molecule has 6 nitrogen and oxygen atoms in total. The highest BCUT2D eigenvalue weighted by Crippen LogP contribution is 2.30. The van der Waals surface area contributed by atoms with E-state index in [0.29, 0.717) is 34.5 Å². The standard InChI is InChI=1S/C21H18ClN3O3S2/c22-18-5-2-1-4-17(18)19-14-29-21(23-19)24-20(26)11-8-15-6-9-16(10-7-15)25-12-3-13-30(25,27)28/h1-2,4-11,14H,3,12-13H2,(H,23,24,26)/b11-8+. The molecule has 2 aromatic carbocycles. The smallest absolute Gasteiger partial charge is 0.250 e. The Morgan fingerprint density at radius 1 is 1.17 bits per heavy atom. The van der Waals surface area contributed by atoms with Crippen LogP contribution in [0.1, 0.15) is 12.0 Å². The highest BCUT2D eigenvalue weighted by Gasteiger charge is 2.28. The molecule has 0 atom stereocenters. The van der Waals surface area contributed by atoms with Crippen molar-refractivity contribution in [2.45, 2.75) is 6.42 Å². The van der Waals surface area contributed by atoms with Crippen molar-refractivity contribution in [1.29, 1.82) is 0 Å². The van der Waals surface area contributed by atoms with E-state index in [-0.39, 0.29) is 11.7 Å². The Balaban J connectivity index is 1.39. The molecule has 9 heteroatoms. The van der Waals surface area contributed by atoms with E-state index in [2.05, 4.69) is 10.3 Å². The number of nitrogens with zero attached hydrogens (tertiary/aromatic N) is 2. The van der Waals surface area contributed by atoms with Crippen LogP contribution >= 0.6 is 22.9 Å². The summed E-state index contributed by atoms with van der Waals surface area (Å²) in [7, 11) is -3.20. The van der Waals surface area contributed by atoms with E-state index >= 15 is 0 Å². The first-order valence-corrected chi connectivity index (χ1v) is 12.1. The molecular weight excluding hydrogens is 442 g/mol. The van der Waals surface area contributed by atoms with Gasteiger partial charge in [0.05, 0.1) is 17.1 Å². The van der Waals surface area contributed by atoms with Crippen LogP contribution in [0.4, 0.5) is 10.8 Å². The third kappa shape index (κ3) is 4.56. The van der Waals surface area contributed by atoms with Gasteiger partial charge in [-0.2, -0.15) is 0 Å². The van der Waals surface area contributed by atoms with Gasteiger partial charge in [-0.05, 0) is 36.3 Å². The molecular formula is C21H18ClN3O3S2. The second-order valence-electron chi connectivity index (χ2n) is 6.67. The maximum Gasteiger partial charge on any atom is 0.250 e. The molecule has 30 heavy (non-hydrogen) atoms. The van der Waals surface area contributed by atoms with Crippen LogP contribution in [0.3, 0.4) is 0 Å². The van der Waals surface area contributed by atoms with Gasteiger partial charge in [-0.1, -0.05) is 41.9 Å². The maximum absolute atomic E-state index is 12.2. The summed E-state index contributed by atoms with van der Waals surface area (Å²) in [5.74, 6) is -0.120. The fourth-order valence-corrected chi connectivity index (χ4v) is 5.63. The molecule has 0 saturated carbocycles. The number of hydrogen-bond acceptors (Lipinski definition) is 5. The van der Waals surface area contributed by atoms with E-state index in [1.807, 2.05) is 23.6 Å². The normalized spacial score (nSPS) is 15.6. The van der Waals surface area contributed by atoms with Gasteiger partial charge in [0, 0.05) is 28.6 Å². The number of thiazole rings is 1. The molecule has 1 aliphatic rings. The lowest BCUT2D eigenvalue weighted by Crippen LogP contribution is -2.24. The van der Waals surface area contributed by atoms with E-state index < -0.39 is 10.0 Å². The van der Waals surface area contributed by atoms with Crippen molar-refractivity contribution < 1.29 is 13.2 Å². The van der Waals surface area contributed by atoms with Crippen LogP contribution in [0.25, 0.3) is 17.3 Å². The summed E-state index contributed by atoms with van der Waals surface area (Å²) in [6, 6.07) is 14.5. The van der Waals surface area contributed by atoms with Crippen molar-refractivity contribution in [3.8, 4) is 11.3 Å². The Kier molecular flexibility index (Phi) is 5.90. The molecule has 1 aromatic heterocycles. The van der Waals surface area contributed by atoms with Gasteiger partial charge < -0.3 is 0 Å². The number of sulfonamides is 1. The van der Waals surface area contributed by atoms with Crippen molar-refractivity contribution >= 4 is 55.8 Å². The minimum atomic E-state index is -3.20. The highest BCUT2D eigenvalue weighted by molar-refractivity contribution is 7.93. The number of benzene rings is 2. The van der Waals surface area contributed by atoms with Crippen LogP contribution in [-0.4, -0.2) is 31.6 Å². The molecule has 1 saturated heterocycles. The topological polar surface area (TPSA) is 79.4 Å². The lowest BCUT2D eigenvalue weighted by atomic mass is 10.2. The van der Waals surface area contributed by atoms with Crippen LogP contribution in [0.15, 0.2) is 60.0 Å². The van der Waals surface area contributed by atoms with E-state index in [1.165, 1.54) is 21.7 Å². The molecule has 0 bridgehead atoms. The number of halogens is 1. The number of nitrogens with one attached hydrogen (secondary N) is 1. The summed E-state index contributed by atoms with van der Waals surface area (Å²) < 4.78 is 25.4. The highest BCUT2D eigenvalue weighted by atomic mass is 35.5.